The van der Waals surface area contributed by atoms with E-state index in [4.69, 9.17) is 0 Å². The summed E-state index contributed by atoms with van der Waals surface area (Å²) in [5.74, 6) is 0.198. The number of nitrogens with one attached hydrogen (secondary N) is 2. The predicted octanol–water partition coefficient (Wildman–Crippen LogP) is 2.54. The van der Waals surface area contributed by atoms with Crippen molar-refractivity contribution in [3.63, 3.8) is 0 Å². The second-order valence-electron chi connectivity index (χ2n) is 7.40. The molecular weight excluding hydrogens is 331 g/mol. The third kappa shape index (κ3) is 3.26. The lowest BCUT2D eigenvalue weighted by Crippen LogP contribution is -2.27. The second kappa shape index (κ2) is 7.19. The summed E-state index contributed by atoms with van der Waals surface area (Å²) in [5, 5.41) is 10.8. The van der Waals surface area contributed by atoms with Crippen molar-refractivity contribution < 1.29 is 9.18 Å². The molecule has 1 aliphatic carbocycles. The normalized spacial score (nSPS) is 18.9. The third-order valence-corrected chi connectivity index (χ3v) is 5.48. The van der Waals surface area contributed by atoms with Gasteiger partial charge >= 0.3 is 0 Å². The van der Waals surface area contributed by atoms with Crippen LogP contribution in [0.2, 0.25) is 0 Å². The highest BCUT2D eigenvalue weighted by atomic mass is 19.1. The van der Waals surface area contributed by atoms with E-state index in [1.54, 1.807) is 10.7 Å². The molecule has 1 unspecified atom stereocenters. The average Bonchev–Trinajstić information content (AvgIpc) is 3.32. The van der Waals surface area contributed by atoms with Gasteiger partial charge in [0.15, 0.2) is 5.69 Å². The summed E-state index contributed by atoms with van der Waals surface area (Å²) in [6.07, 6.45) is 4.80. The molecular formula is C20H25FN4O. The van der Waals surface area contributed by atoms with Crippen LogP contribution in [0.25, 0.3) is 5.69 Å². The molecule has 1 aromatic carbocycles. The van der Waals surface area contributed by atoms with Gasteiger partial charge in [0, 0.05) is 17.8 Å². The molecule has 26 heavy (non-hydrogen) atoms. The first-order valence-corrected chi connectivity index (χ1v) is 9.49. The van der Waals surface area contributed by atoms with E-state index in [0.29, 0.717) is 23.8 Å². The maximum absolute atomic E-state index is 14.4. The van der Waals surface area contributed by atoms with Crippen LogP contribution in [0.1, 0.15) is 46.6 Å². The Balaban J connectivity index is 1.54. The number of benzene rings is 1. The maximum atomic E-state index is 14.4. The van der Waals surface area contributed by atoms with E-state index in [2.05, 4.69) is 15.7 Å². The minimum absolute atomic E-state index is 0.139. The SMILES string of the molecule is Cc1ccc(-n2nc(C(=O)NCCC3CCNC3)c3c2CCC3)c(F)c1. The molecule has 1 aliphatic heterocycles. The molecule has 2 aliphatic rings. The van der Waals surface area contributed by atoms with Crippen molar-refractivity contribution in [1.82, 2.24) is 20.4 Å². The molecule has 2 N–H and O–H groups in total. The van der Waals surface area contributed by atoms with E-state index in [-0.39, 0.29) is 11.7 Å². The lowest BCUT2D eigenvalue weighted by atomic mass is 10.1. The first kappa shape index (κ1) is 17.2. The monoisotopic (exact) mass is 356 g/mol. The summed E-state index contributed by atoms with van der Waals surface area (Å²) in [5.41, 5.74) is 3.70. The van der Waals surface area contributed by atoms with Gasteiger partial charge in [0.1, 0.15) is 11.5 Å². The number of aromatic nitrogens is 2. The quantitative estimate of drug-likeness (QED) is 0.866. The highest BCUT2D eigenvalue weighted by molar-refractivity contribution is 5.94. The molecule has 0 saturated carbocycles. The zero-order valence-corrected chi connectivity index (χ0v) is 15.1. The summed E-state index contributed by atoms with van der Waals surface area (Å²) in [4.78, 5) is 12.7. The van der Waals surface area contributed by atoms with Gasteiger partial charge in [-0.1, -0.05) is 6.07 Å². The van der Waals surface area contributed by atoms with Crippen LogP contribution in [0.4, 0.5) is 4.39 Å². The standard InChI is InChI=1S/C20H25FN4O/c1-13-5-6-18(16(21)11-13)25-17-4-2-3-15(17)19(24-25)20(26)23-10-8-14-7-9-22-12-14/h5-6,11,14,22H,2-4,7-10,12H2,1H3,(H,23,26). The Bertz CT molecular complexity index is 823. The van der Waals surface area contributed by atoms with Crippen LogP contribution in [0, 0.1) is 18.7 Å². The molecule has 1 amide bonds. The fourth-order valence-electron chi connectivity index (χ4n) is 4.04. The van der Waals surface area contributed by atoms with E-state index in [9.17, 15) is 9.18 Å². The number of amides is 1. The Kier molecular flexibility index (Phi) is 4.76. The van der Waals surface area contributed by atoms with Gasteiger partial charge in [-0.15, -0.1) is 0 Å². The first-order chi connectivity index (χ1) is 12.6. The molecule has 1 atom stereocenters. The van der Waals surface area contributed by atoms with Crippen LogP contribution in [0.5, 0.6) is 0 Å². The molecule has 1 saturated heterocycles. The summed E-state index contributed by atoms with van der Waals surface area (Å²) in [7, 11) is 0. The first-order valence-electron chi connectivity index (χ1n) is 9.49. The van der Waals surface area contributed by atoms with Crippen molar-refractivity contribution in [2.75, 3.05) is 19.6 Å². The molecule has 138 valence electrons. The largest absolute Gasteiger partial charge is 0.351 e. The molecule has 5 nitrogen and oxygen atoms in total. The number of hydrogen-bond acceptors (Lipinski definition) is 3. The van der Waals surface area contributed by atoms with E-state index in [1.807, 2.05) is 13.0 Å². The number of carbonyl (C=O) groups excluding carboxylic acids is 1. The molecule has 0 radical (unpaired) electrons. The average molecular weight is 356 g/mol. The van der Waals surface area contributed by atoms with Crippen molar-refractivity contribution >= 4 is 5.91 Å². The summed E-state index contributed by atoms with van der Waals surface area (Å²) >= 11 is 0. The van der Waals surface area contributed by atoms with Crippen LogP contribution >= 0.6 is 0 Å². The molecule has 0 bridgehead atoms. The Morgan fingerprint density at radius 2 is 2.31 bits per heavy atom. The number of aryl methyl sites for hydroxylation is 1. The van der Waals surface area contributed by atoms with Crippen molar-refractivity contribution in [2.45, 2.75) is 39.0 Å². The summed E-state index contributed by atoms with van der Waals surface area (Å²) in [6.45, 7) is 4.62. The predicted molar refractivity (Wildman–Crippen MR) is 98.2 cm³/mol. The van der Waals surface area contributed by atoms with Crippen LogP contribution < -0.4 is 10.6 Å². The third-order valence-electron chi connectivity index (χ3n) is 5.48. The van der Waals surface area contributed by atoms with Gasteiger partial charge in [-0.3, -0.25) is 4.79 Å². The fraction of sp³-hybridized carbons (Fsp3) is 0.500. The summed E-state index contributed by atoms with van der Waals surface area (Å²) in [6, 6.07) is 5.12. The summed E-state index contributed by atoms with van der Waals surface area (Å²) < 4.78 is 16.1. The lowest BCUT2D eigenvalue weighted by molar-refractivity contribution is 0.0945. The number of carbonyl (C=O) groups is 1. The van der Waals surface area contributed by atoms with Crippen molar-refractivity contribution in [3.8, 4) is 5.69 Å². The smallest absolute Gasteiger partial charge is 0.272 e. The Labute approximate surface area is 153 Å². The number of fused-ring (bicyclic) bond motifs is 1. The lowest BCUT2D eigenvalue weighted by Gasteiger charge is -2.09. The Morgan fingerprint density at radius 1 is 1.42 bits per heavy atom. The van der Waals surface area contributed by atoms with Gasteiger partial charge in [0.25, 0.3) is 5.91 Å². The van der Waals surface area contributed by atoms with E-state index in [0.717, 1.165) is 55.6 Å². The highest BCUT2D eigenvalue weighted by Gasteiger charge is 2.27. The molecule has 1 aromatic heterocycles. The molecule has 1 fully saturated rings. The van der Waals surface area contributed by atoms with Gasteiger partial charge in [-0.25, -0.2) is 9.07 Å². The minimum atomic E-state index is -0.303. The minimum Gasteiger partial charge on any atom is -0.351 e. The van der Waals surface area contributed by atoms with E-state index < -0.39 is 0 Å². The molecule has 2 heterocycles. The highest BCUT2D eigenvalue weighted by Crippen LogP contribution is 2.29. The number of rotatable bonds is 5. The van der Waals surface area contributed by atoms with E-state index in [1.165, 1.54) is 12.5 Å². The van der Waals surface area contributed by atoms with Gasteiger partial charge in [-0.05, 0) is 75.7 Å². The van der Waals surface area contributed by atoms with Gasteiger partial charge < -0.3 is 10.6 Å². The number of nitrogens with zero attached hydrogens (tertiary/aromatic N) is 2. The molecule has 6 heteroatoms. The maximum Gasteiger partial charge on any atom is 0.272 e. The van der Waals surface area contributed by atoms with Gasteiger partial charge in [0.05, 0.1) is 0 Å². The molecule has 2 aromatic rings. The van der Waals surface area contributed by atoms with Crippen molar-refractivity contribution in [3.05, 3.63) is 46.5 Å². The molecule has 0 spiro atoms. The van der Waals surface area contributed by atoms with Gasteiger partial charge in [-0.2, -0.15) is 5.10 Å². The van der Waals surface area contributed by atoms with Crippen LogP contribution in [0.15, 0.2) is 18.2 Å². The zero-order chi connectivity index (χ0) is 18.1. The van der Waals surface area contributed by atoms with Crippen molar-refractivity contribution in [2.24, 2.45) is 5.92 Å². The van der Waals surface area contributed by atoms with E-state index >= 15 is 0 Å². The Morgan fingerprint density at radius 3 is 3.08 bits per heavy atom. The van der Waals surface area contributed by atoms with Crippen LogP contribution in [-0.2, 0) is 12.8 Å². The fourth-order valence-corrected chi connectivity index (χ4v) is 4.04. The van der Waals surface area contributed by atoms with Crippen molar-refractivity contribution in [1.29, 1.82) is 0 Å². The molecule has 4 rings (SSSR count). The number of halogens is 1. The van der Waals surface area contributed by atoms with Crippen LogP contribution in [0.3, 0.4) is 0 Å². The zero-order valence-electron chi connectivity index (χ0n) is 15.1. The second-order valence-corrected chi connectivity index (χ2v) is 7.40. The van der Waals surface area contributed by atoms with Gasteiger partial charge in [0.2, 0.25) is 0 Å². The van der Waals surface area contributed by atoms with Crippen LogP contribution in [-0.4, -0.2) is 35.3 Å². The number of hydrogen-bond donors (Lipinski definition) is 2. The Hall–Kier alpha value is -2.21. The topological polar surface area (TPSA) is 59.0 Å².